The third kappa shape index (κ3) is 11.8. The maximum Gasteiger partial charge on any atom is 0.309 e. The van der Waals surface area contributed by atoms with Crippen molar-refractivity contribution in [3.63, 3.8) is 0 Å². The highest BCUT2D eigenvalue weighted by atomic mass is 16.6. The molecule has 0 heterocycles. The van der Waals surface area contributed by atoms with Crippen molar-refractivity contribution in [1.29, 1.82) is 0 Å². The maximum absolute atomic E-state index is 11.7. The third-order valence-electron chi connectivity index (χ3n) is 2.68. The van der Waals surface area contributed by atoms with Crippen LogP contribution < -0.4 is 0 Å². The molecule has 0 aromatic rings. The molecule has 3 N–H and O–H groups in total. The van der Waals surface area contributed by atoms with E-state index in [-0.39, 0.29) is 25.9 Å². The van der Waals surface area contributed by atoms with Crippen LogP contribution in [0.3, 0.4) is 0 Å². The summed E-state index contributed by atoms with van der Waals surface area (Å²) in [6, 6.07) is 0. The number of carbonyl (C=O) groups is 3. The fraction of sp³-hybridized carbons (Fsp3) is 0.800. The Morgan fingerprint density at radius 1 is 0.833 bits per heavy atom. The molecule has 0 rings (SSSR count). The van der Waals surface area contributed by atoms with Crippen LogP contribution in [0.2, 0.25) is 0 Å². The molecule has 9 nitrogen and oxygen atoms in total. The first-order chi connectivity index (χ1) is 11.1. The fourth-order valence-electron chi connectivity index (χ4n) is 1.64. The van der Waals surface area contributed by atoms with E-state index in [2.05, 4.69) is 4.74 Å². The van der Waals surface area contributed by atoms with Crippen LogP contribution in [-0.2, 0) is 28.6 Å². The topological polar surface area (TPSA) is 140 Å². The molecule has 0 amide bonds. The Hall–Kier alpha value is -1.71. The van der Waals surface area contributed by atoms with Crippen LogP contribution in [0.5, 0.6) is 0 Å². The second kappa shape index (κ2) is 11.8. The van der Waals surface area contributed by atoms with Crippen molar-refractivity contribution in [2.75, 3.05) is 13.2 Å². The first kappa shape index (κ1) is 22.3. The largest absolute Gasteiger partial charge is 0.463 e. The SMILES string of the molecule is C[C@H](CC(=O)OCC(O)CO)OC(=O)C[C@@H](C)OC(=O)C[C@@H](C)O. The van der Waals surface area contributed by atoms with Crippen molar-refractivity contribution in [2.24, 2.45) is 0 Å². The summed E-state index contributed by atoms with van der Waals surface area (Å²) in [5.74, 6) is -1.95. The van der Waals surface area contributed by atoms with Gasteiger partial charge in [0.1, 0.15) is 24.9 Å². The lowest BCUT2D eigenvalue weighted by Gasteiger charge is -2.16. The third-order valence-corrected chi connectivity index (χ3v) is 2.68. The second-order valence-corrected chi connectivity index (χ2v) is 5.58. The Balaban J connectivity index is 4.04. The number of aliphatic hydroxyl groups is 3. The number of ether oxygens (including phenoxy) is 3. The summed E-state index contributed by atoms with van der Waals surface area (Å²) >= 11 is 0. The van der Waals surface area contributed by atoms with Crippen molar-refractivity contribution >= 4 is 17.9 Å². The Morgan fingerprint density at radius 2 is 1.29 bits per heavy atom. The molecule has 0 bridgehead atoms. The first-order valence-electron chi connectivity index (χ1n) is 7.65. The van der Waals surface area contributed by atoms with Crippen molar-refractivity contribution in [3.8, 4) is 0 Å². The lowest BCUT2D eigenvalue weighted by molar-refractivity contribution is -0.159. The number of carbonyl (C=O) groups excluding carboxylic acids is 3. The normalized spacial score (nSPS) is 15.8. The monoisotopic (exact) mass is 350 g/mol. The number of rotatable bonds is 11. The Kier molecular flexibility index (Phi) is 10.9. The number of hydrogen-bond acceptors (Lipinski definition) is 9. The molecule has 0 saturated carbocycles. The highest BCUT2D eigenvalue weighted by molar-refractivity contribution is 5.74. The molecule has 0 aromatic heterocycles. The molecule has 1 unspecified atom stereocenters. The molecular formula is C15H26O9. The van der Waals surface area contributed by atoms with E-state index in [0.29, 0.717) is 0 Å². The van der Waals surface area contributed by atoms with Gasteiger partial charge in [-0.1, -0.05) is 0 Å². The van der Waals surface area contributed by atoms with Crippen molar-refractivity contribution < 1.29 is 43.9 Å². The van der Waals surface area contributed by atoms with Gasteiger partial charge in [0.25, 0.3) is 0 Å². The van der Waals surface area contributed by atoms with E-state index in [9.17, 15) is 14.4 Å². The summed E-state index contributed by atoms with van der Waals surface area (Å²) in [5.41, 5.74) is 0. The van der Waals surface area contributed by atoms with Gasteiger partial charge in [0.2, 0.25) is 0 Å². The van der Waals surface area contributed by atoms with E-state index in [1.165, 1.54) is 20.8 Å². The summed E-state index contributed by atoms with van der Waals surface area (Å²) in [4.78, 5) is 34.4. The van der Waals surface area contributed by atoms with Crippen LogP contribution in [0.25, 0.3) is 0 Å². The van der Waals surface area contributed by atoms with Crippen molar-refractivity contribution in [3.05, 3.63) is 0 Å². The Bertz CT molecular complexity index is 408. The molecular weight excluding hydrogens is 324 g/mol. The number of hydrogen-bond donors (Lipinski definition) is 3. The van der Waals surface area contributed by atoms with Gasteiger partial charge in [-0.2, -0.15) is 0 Å². The molecule has 0 fully saturated rings. The smallest absolute Gasteiger partial charge is 0.309 e. The minimum atomic E-state index is -1.15. The first-order valence-corrected chi connectivity index (χ1v) is 7.65. The molecule has 0 radical (unpaired) electrons. The molecule has 0 spiro atoms. The average Bonchev–Trinajstić information content (AvgIpc) is 2.42. The van der Waals surface area contributed by atoms with Gasteiger partial charge < -0.3 is 29.5 Å². The molecule has 24 heavy (non-hydrogen) atoms. The number of aliphatic hydroxyl groups excluding tert-OH is 3. The molecule has 0 saturated heterocycles. The van der Waals surface area contributed by atoms with Gasteiger partial charge in [0.05, 0.1) is 32.0 Å². The van der Waals surface area contributed by atoms with Gasteiger partial charge >= 0.3 is 17.9 Å². The van der Waals surface area contributed by atoms with Gasteiger partial charge in [0, 0.05) is 0 Å². The van der Waals surface area contributed by atoms with Crippen LogP contribution in [0.15, 0.2) is 0 Å². The van der Waals surface area contributed by atoms with E-state index in [1.807, 2.05) is 0 Å². The van der Waals surface area contributed by atoms with Gasteiger partial charge in [-0.3, -0.25) is 14.4 Å². The minimum absolute atomic E-state index is 0.165. The highest BCUT2D eigenvalue weighted by Crippen LogP contribution is 2.07. The van der Waals surface area contributed by atoms with E-state index in [0.717, 1.165) is 0 Å². The molecule has 0 aromatic carbocycles. The average molecular weight is 350 g/mol. The van der Waals surface area contributed by atoms with Gasteiger partial charge in [-0.25, -0.2) is 0 Å². The van der Waals surface area contributed by atoms with E-state index >= 15 is 0 Å². The zero-order valence-electron chi connectivity index (χ0n) is 14.1. The fourth-order valence-corrected chi connectivity index (χ4v) is 1.64. The Morgan fingerprint density at radius 3 is 1.75 bits per heavy atom. The molecule has 0 aliphatic rings. The molecule has 4 atom stereocenters. The standard InChI is InChI=1S/C15H26O9/c1-9(17)4-14(20)23-11(3)6-15(21)24-10(2)5-13(19)22-8-12(18)7-16/h9-12,16-18H,4-8H2,1-3H3/t9-,10-,11-,12?/m1/s1. The highest BCUT2D eigenvalue weighted by Gasteiger charge is 2.20. The van der Waals surface area contributed by atoms with Crippen LogP contribution in [0, 0.1) is 0 Å². The summed E-state index contributed by atoms with van der Waals surface area (Å²) < 4.78 is 14.6. The van der Waals surface area contributed by atoms with E-state index in [1.54, 1.807) is 0 Å². The zero-order valence-corrected chi connectivity index (χ0v) is 14.1. The van der Waals surface area contributed by atoms with Crippen molar-refractivity contribution in [2.45, 2.75) is 64.4 Å². The molecule has 0 aliphatic heterocycles. The summed E-state index contributed by atoms with van der Waals surface area (Å²) in [5, 5.41) is 26.7. The van der Waals surface area contributed by atoms with E-state index in [4.69, 9.17) is 24.8 Å². The predicted molar refractivity (Wildman–Crippen MR) is 80.7 cm³/mol. The van der Waals surface area contributed by atoms with Gasteiger partial charge in [-0.15, -0.1) is 0 Å². The Labute approximate surface area is 140 Å². The summed E-state index contributed by atoms with van der Waals surface area (Å²) in [6.07, 6.45) is -4.01. The molecule has 140 valence electrons. The van der Waals surface area contributed by atoms with Gasteiger partial charge in [-0.05, 0) is 20.8 Å². The summed E-state index contributed by atoms with van der Waals surface area (Å²) in [6.45, 7) is 3.58. The molecule has 0 aliphatic carbocycles. The summed E-state index contributed by atoms with van der Waals surface area (Å²) in [7, 11) is 0. The second-order valence-electron chi connectivity index (χ2n) is 5.58. The molecule has 9 heteroatoms. The van der Waals surface area contributed by atoms with Crippen molar-refractivity contribution in [1.82, 2.24) is 0 Å². The van der Waals surface area contributed by atoms with Crippen LogP contribution in [0.1, 0.15) is 40.0 Å². The predicted octanol–water partition coefficient (Wildman–Crippen LogP) is -0.703. The minimum Gasteiger partial charge on any atom is -0.463 e. The lowest BCUT2D eigenvalue weighted by atomic mass is 10.2. The lowest BCUT2D eigenvalue weighted by Crippen LogP contribution is -2.26. The zero-order chi connectivity index (χ0) is 18.7. The van der Waals surface area contributed by atoms with E-state index < -0.39 is 48.9 Å². The van der Waals surface area contributed by atoms with Crippen LogP contribution >= 0.6 is 0 Å². The van der Waals surface area contributed by atoms with Gasteiger partial charge in [0.15, 0.2) is 0 Å². The quantitative estimate of drug-likeness (QED) is 0.326. The van der Waals surface area contributed by atoms with Crippen LogP contribution in [-0.4, -0.2) is 70.9 Å². The number of esters is 3. The maximum atomic E-state index is 11.7. The van der Waals surface area contributed by atoms with Crippen LogP contribution in [0.4, 0.5) is 0 Å².